The van der Waals surface area contributed by atoms with Crippen LogP contribution in [0.3, 0.4) is 0 Å². The lowest BCUT2D eigenvalue weighted by Crippen LogP contribution is -1.85. The van der Waals surface area contributed by atoms with E-state index >= 15 is 0 Å². The van der Waals surface area contributed by atoms with Crippen molar-refractivity contribution in [2.75, 3.05) is 0 Å². The molecule has 0 fully saturated rings. The summed E-state index contributed by atoms with van der Waals surface area (Å²) in [4.78, 5) is 0. The van der Waals surface area contributed by atoms with Crippen molar-refractivity contribution in [3.8, 4) is 0 Å². The van der Waals surface area contributed by atoms with E-state index in [0.717, 1.165) is 18.6 Å². The molecule has 0 spiro atoms. The van der Waals surface area contributed by atoms with Gasteiger partial charge in [-0.1, -0.05) is 12.2 Å². The Morgan fingerprint density at radius 3 is 2.75 bits per heavy atom. The van der Waals surface area contributed by atoms with Crippen molar-refractivity contribution in [3.05, 3.63) is 31.1 Å². The van der Waals surface area contributed by atoms with E-state index in [9.17, 15) is 0 Å². The second-order valence-electron chi connectivity index (χ2n) is 1.73. The van der Waals surface area contributed by atoms with Crippen molar-refractivity contribution >= 4 is 0 Å². The van der Waals surface area contributed by atoms with Gasteiger partial charge in [-0.15, -0.1) is 0 Å². The minimum absolute atomic E-state index is 0.906. The first-order valence-corrected chi connectivity index (χ1v) is 2.69. The first kappa shape index (κ1) is 5.42. The highest BCUT2D eigenvalue weighted by Gasteiger charge is 1.94. The van der Waals surface area contributed by atoms with Gasteiger partial charge in [-0.3, -0.25) is 0 Å². The SMILES string of the molecule is [CH2]OC1=CCC=CC1. The Hall–Kier alpha value is -0.720. The molecular formula is C7H9O. The number of hydrogen-bond donors (Lipinski definition) is 0. The average molecular weight is 109 g/mol. The highest BCUT2D eigenvalue weighted by Crippen LogP contribution is 2.10. The van der Waals surface area contributed by atoms with E-state index in [1.165, 1.54) is 0 Å². The molecule has 1 nitrogen and oxygen atoms in total. The molecule has 1 aliphatic carbocycles. The van der Waals surface area contributed by atoms with E-state index in [0.29, 0.717) is 0 Å². The normalized spacial score (nSPS) is 17.9. The fraction of sp³-hybridized carbons (Fsp3) is 0.286. The zero-order valence-corrected chi connectivity index (χ0v) is 4.76. The summed E-state index contributed by atoms with van der Waals surface area (Å²) < 4.78 is 4.75. The van der Waals surface area contributed by atoms with Gasteiger partial charge in [0, 0.05) is 6.42 Å². The molecule has 0 aromatic carbocycles. The largest absolute Gasteiger partial charge is 0.494 e. The maximum Gasteiger partial charge on any atom is 0.122 e. The summed E-state index contributed by atoms with van der Waals surface area (Å²) in [6, 6.07) is 0. The lowest BCUT2D eigenvalue weighted by molar-refractivity contribution is 0.332. The third kappa shape index (κ3) is 1.12. The van der Waals surface area contributed by atoms with Gasteiger partial charge in [-0.2, -0.15) is 0 Å². The van der Waals surface area contributed by atoms with E-state index in [2.05, 4.69) is 19.3 Å². The molecule has 1 aliphatic rings. The molecule has 0 amide bonds. The smallest absolute Gasteiger partial charge is 0.122 e. The van der Waals surface area contributed by atoms with Gasteiger partial charge in [0.2, 0.25) is 0 Å². The van der Waals surface area contributed by atoms with Gasteiger partial charge < -0.3 is 4.74 Å². The third-order valence-electron chi connectivity index (χ3n) is 1.15. The molecule has 0 aromatic heterocycles. The Morgan fingerprint density at radius 1 is 1.50 bits per heavy atom. The van der Waals surface area contributed by atoms with Crippen molar-refractivity contribution in [2.24, 2.45) is 0 Å². The van der Waals surface area contributed by atoms with Gasteiger partial charge in [-0.25, -0.2) is 0 Å². The van der Waals surface area contributed by atoms with E-state index in [1.54, 1.807) is 0 Å². The Bertz CT molecular complexity index is 122. The van der Waals surface area contributed by atoms with Gasteiger partial charge in [0.1, 0.15) is 7.11 Å². The number of allylic oxidation sites excluding steroid dienone is 3. The Labute approximate surface area is 49.7 Å². The molecule has 0 aliphatic heterocycles. The van der Waals surface area contributed by atoms with Crippen LogP contribution in [0.5, 0.6) is 0 Å². The molecule has 43 valence electrons. The molecule has 0 unspecified atom stereocenters. The van der Waals surface area contributed by atoms with E-state index in [1.807, 2.05) is 6.08 Å². The van der Waals surface area contributed by atoms with Crippen LogP contribution in [-0.2, 0) is 4.74 Å². The van der Waals surface area contributed by atoms with E-state index in [4.69, 9.17) is 4.74 Å². The standard InChI is InChI=1S/C7H9O/c1-8-7-5-3-2-4-6-7/h2-3,6H,1,4-5H2. The summed E-state index contributed by atoms with van der Waals surface area (Å²) in [5.41, 5.74) is 0. The van der Waals surface area contributed by atoms with Gasteiger partial charge in [0.05, 0.1) is 5.76 Å². The van der Waals surface area contributed by atoms with Crippen molar-refractivity contribution in [2.45, 2.75) is 12.8 Å². The van der Waals surface area contributed by atoms with Gasteiger partial charge in [0.15, 0.2) is 0 Å². The number of ether oxygens (including phenoxy) is 1. The van der Waals surface area contributed by atoms with Crippen molar-refractivity contribution < 1.29 is 4.74 Å². The quantitative estimate of drug-likeness (QED) is 0.468. The minimum Gasteiger partial charge on any atom is -0.494 e. The predicted octanol–water partition coefficient (Wildman–Crippen LogP) is 2.03. The summed E-state index contributed by atoms with van der Waals surface area (Å²) in [5, 5.41) is 0. The third-order valence-corrected chi connectivity index (χ3v) is 1.15. The molecule has 8 heavy (non-hydrogen) atoms. The lowest BCUT2D eigenvalue weighted by atomic mass is 10.2. The Morgan fingerprint density at radius 2 is 2.38 bits per heavy atom. The molecule has 1 rings (SSSR count). The van der Waals surface area contributed by atoms with Crippen molar-refractivity contribution in [3.63, 3.8) is 0 Å². The summed E-state index contributed by atoms with van der Waals surface area (Å²) in [6.07, 6.45) is 8.13. The van der Waals surface area contributed by atoms with E-state index < -0.39 is 0 Å². The molecule has 0 atom stereocenters. The molecule has 0 saturated carbocycles. The Kier molecular flexibility index (Phi) is 1.73. The van der Waals surface area contributed by atoms with Crippen LogP contribution in [0.2, 0.25) is 0 Å². The molecule has 1 heteroatoms. The maximum absolute atomic E-state index is 4.75. The van der Waals surface area contributed by atoms with Crippen molar-refractivity contribution in [1.29, 1.82) is 0 Å². The van der Waals surface area contributed by atoms with Crippen molar-refractivity contribution in [1.82, 2.24) is 0 Å². The summed E-state index contributed by atoms with van der Waals surface area (Å²) in [5.74, 6) is 0.979. The fourth-order valence-corrected chi connectivity index (χ4v) is 0.696. The number of rotatable bonds is 1. The zero-order valence-electron chi connectivity index (χ0n) is 4.76. The van der Waals surface area contributed by atoms with Gasteiger partial charge in [-0.05, 0) is 12.5 Å². The van der Waals surface area contributed by atoms with Crippen LogP contribution >= 0.6 is 0 Å². The highest BCUT2D eigenvalue weighted by molar-refractivity contribution is 5.09. The van der Waals surface area contributed by atoms with Crippen LogP contribution < -0.4 is 0 Å². The van der Waals surface area contributed by atoms with Crippen LogP contribution in [0.4, 0.5) is 0 Å². The molecule has 0 aromatic rings. The molecule has 0 N–H and O–H groups in total. The maximum atomic E-state index is 4.75. The van der Waals surface area contributed by atoms with Gasteiger partial charge in [0.25, 0.3) is 0 Å². The lowest BCUT2D eigenvalue weighted by Gasteiger charge is -2.04. The summed E-state index contributed by atoms with van der Waals surface area (Å²) >= 11 is 0. The number of hydrogen-bond acceptors (Lipinski definition) is 1. The van der Waals surface area contributed by atoms with Crippen LogP contribution in [0, 0.1) is 7.11 Å². The van der Waals surface area contributed by atoms with Crippen LogP contribution in [-0.4, -0.2) is 0 Å². The zero-order chi connectivity index (χ0) is 5.82. The average Bonchev–Trinajstić information content (AvgIpc) is 1.90. The second-order valence-corrected chi connectivity index (χ2v) is 1.73. The molecular weight excluding hydrogens is 100 g/mol. The topological polar surface area (TPSA) is 9.23 Å². The molecule has 0 heterocycles. The fourth-order valence-electron chi connectivity index (χ4n) is 0.696. The molecule has 1 radical (unpaired) electrons. The summed E-state index contributed by atoms with van der Waals surface area (Å²) in [7, 11) is 3.31. The predicted molar refractivity (Wildman–Crippen MR) is 32.9 cm³/mol. The first-order valence-electron chi connectivity index (χ1n) is 2.69. The first-order chi connectivity index (χ1) is 3.93. The van der Waals surface area contributed by atoms with Crippen LogP contribution in [0.1, 0.15) is 12.8 Å². The highest BCUT2D eigenvalue weighted by atomic mass is 16.5. The second kappa shape index (κ2) is 2.55. The Balaban J connectivity index is 2.43. The van der Waals surface area contributed by atoms with Gasteiger partial charge >= 0.3 is 0 Å². The monoisotopic (exact) mass is 109 g/mol. The van der Waals surface area contributed by atoms with E-state index in [-0.39, 0.29) is 0 Å². The molecule has 0 bridgehead atoms. The molecule has 0 saturated heterocycles. The minimum atomic E-state index is 0.906. The van der Waals surface area contributed by atoms with Crippen LogP contribution in [0.15, 0.2) is 24.0 Å². The summed E-state index contributed by atoms with van der Waals surface area (Å²) in [6.45, 7) is 0. The van der Waals surface area contributed by atoms with Crippen LogP contribution in [0.25, 0.3) is 0 Å².